The van der Waals surface area contributed by atoms with E-state index in [-0.39, 0.29) is 31.0 Å². The number of nitrogens with two attached hydrogens (primary N) is 1. The molecule has 0 heterocycles. The molecular weight excluding hydrogens is 448 g/mol. The summed E-state index contributed by atoms with van der Waals surface area (Å²) in [5.41, 5.74) is 9.88. The van der Waals surface area contributed by atoms with Gasteiger partial charge in [0.15, 0.2) is 0 Å². The molecule has 0 radical (unpaired) electrons. The maximum Gasteiger partial charge on any atom is 0.117 e. The van der Waals surface area contributed by atoms with Crippen LogP contribution in [0.25, 0.3) is 0 Å². The molecule has 4 aliphatic carbocycles. The van der Waals surface area contributed by atoms with E-state index in [9.17, 15) is 0 Å². The zero-order valence-electron chi connectivity index (χ0n) is 23.6. The van der Waals surface area contributed by atoms with Gasteiger partial charge in [-0.2, -0.15) is 25.3 Å². The highest BCUT2D eigenvalue weighted by molar-refractivity contribution is 7.82. The van der Waals surface area contributed by atoms with Crippen molar-refractivity contribution in [2.24, 2.45) is 34.3 Å². The molecule has 4 aliphatic rings. The number of allylic oxidation sites excluding steroid dienone is 2. The Labute approximate surface area is 224 Å². The molecule has 0 aromatic carbocycles. The second-order valence-corrected chi connectivity index (χ2v) is 15.8. The molecular formula is C29H51B2NS2. The summed E-state index contributed by atoms with van der Waals surface area (Å²) in [6, 6.07) is 0.326. The lowest BCUT2D eigenvalue weighted by molar-refractivity contribution is 0.00555. The van der Waals surface area contributed by atoms with E-state index in [0.717, 1.165) is 31.1 Å². The predicted octanol–water partition coefficient (Wildman–Crippen LogP) is 6.22. The van der Waals surface area contributed by atoms with E-state index in [2.05, 4.69) is 76.3 Å². The number of hydrogen-bond acceptors (Lipinski definition) is 3. The van der Waals surface area contributed by atoms with Crippen molar-refractivity contribution in [3.8, 4) is 0 Å². The fourth-order valence-electron chi connectivity index (χ4n) is 9.33. The van der Waals surface area contributed by atoms with Crippen molar-refractivity contribution < 1.29 is 0 Å². The summed E-state index contributed by atoms with van der Waals surface area (Å²) < 4.78 is -0.192. The van der Waals surface area contributed by atoms with Crippen LogP contribution in [0.4, 0.5) is 0 Å². The van der Waals surface area contributed by atoms with Crippen molar-refractivity contribution in [3.63, 3.8) is 0 Å². The SMILES string of the molecule is BC12CCC3(C)C(S)(C(C)CCC(C)C(C)C)C=C(C)C3(B)C1(S)CC=C1CC(N)CCC12C. The van der Waals surface area contributed by atoms with Crippen LogP contribution in [0.5, 0.6) is 0 Å². The fourth-order valence-corrected chi connectivity index (χ4v) is 10.9. The average molecular weight is 499 g/mol. The van der Waals surface area contributed by atoms with Gasteiger partial charge in [-0.3, -0.25) is 0 Å². The fraction of sp³-hybridized carbons (Fsp3) is 0.862. The van der Waals surface area contributed by atoms with Crippen LogP contribution in [-0.2, 0) is 0 Å². The van der Waals surface area contributed by atoms with Crippen LogP contribution in [0.3, 0.4) is 0 Å². The van der Waals surface area contributed by atoms with E-state index >= 15 is 0 Å². The van der Waals surface area contributed by atoms with Crippen LogP contribution in [-0.4, -0.2) is 31.2 Å². The van der Waals surface area contributed by atoms with E-state index in [1.54, 1.807) is 5.57 Å². The maximum atomic E-state index is 6.46. The van der Waals surface area contributed by atoms with Crippen molar-refractivity contribution in [3.05, 3.63) is 23.3 Å². The molecule has 4 rings (SSSR count). The molecule has 0 aromatic heterocycles. The van der Waals surface area contributed by atoms with Gasteiger partial charge in [-0.1, -0.05) is 77.7 Å². The molecule has 0 aliphatic heterocycles. The lowest BCUT2D eigenvalue weighted by Gasteiger charge is -2.74. The van der Waals surface area contributed by atoms with E-state index in [1.165, 1.54) is 37.7 Å². The minimum absolute atomic E-state index is 0.000385. The van der Waals surface area contributed by atoms with Gasteiger partial charge < -0.3 is 5.73 Å². The summed E-state index contributed by atoms with van der Waals surface area (Å²) in [5, 5.41) is 0.144. The van der Waals surface area contributed by atoms with Crippen LogP contribution in [0.2, 0.25) is 10.6 Å². The summed E-state index contributed by atoms with van der Waals surface area (Å²) in [6.45, 7) is 17.1. The first-order valence-electron chi connectivity index (χ1n) is 14.1. The molecule has 2 saturated carbocycles. The molecule has 0 amide bonds. The highest BCUT2D eigenvalue weighted by atomic mass is 32.1. The highest BCUT2D eigenvalue weighted by Crippen LogP contribution is 2.85. The molecule has 34 heavy (non-hydrogen) atoms. The number of rotatable bonds is 5. The minimum atomic E-state index is -0.0978. The molecule has 5 heteroatoms. The van der Waals surface area contributed by atoms with Gasteiger partial charge in [-0.15, -0.1) is 0 Å². The van der Waals surface area contributed by atoms with Gasteiger partial charge in [-0.05, 0) is 84.7 Å². The smallest absolute Gasteiger partial charge is 0.117 e. The normalized spacial score (nSPS) is 50.0. The zero-order valence-corrected chi connectivity index (χ0v) is 25.4. The lowest BCUT2D eigenvalue weighted by atomic mass is 9.26. The van der Waals surface area contributed by atoms with E-state index in [0.29, 0.717) is 12.0 Å². The number of hydrogen-bond donors (Lipinski definition) is 3. The van der Waals surface area contributed by atoms with E-state index < -0.39 is 0 Å². The van der Waals surface area contributed by atoms with Crippen molar-refractivity contribution in [2.75, 3.05) is 0 Å². The monoisotopic (exact) mass is 499 g/mol. The maximum absolute atomic E-state index is 6.46. The minimum Gasteiger partial charge on any atom is -0.327 e. The van der Waals surface area contributed by atoms with Gasteiger partial charge in [0.05, 0.1) is 0 Å². The summed E-state index contributed by atoms with van der Waals surface area (Å²) >= 11 is 11.5. The largest absolute Gasteiger partial charge is 0.327 e. The van der Waals surface area contributed by atoms with Gasteiger partial charge >= 0.3 is 0 Å². The second-order valence-electron chi connectivity index (χ2n) is 14.3. The molecule has 0 spiro atoms. The highest BCUT2D eigenvalue weighted by Gasteiger charge is 2.76. The van der Waals surface area contributed by atoms with Crippen LogP contribution in [0, 0.1) is 28.6 Å². The van der Waals surface area contributed by atoms with Crippen LogP contribution < -0.4 is 5.73 Å². The molecule has 9 atom stereocenters. The van der Waals surface area contributed by atoms with E-state index in [1.807, 2.05) is 0 Å². The van der Waals surface area contributed by atoms with Gasteiger partial charge in [0.1, 0.15) is 15.7 Å². The molecule has 0 aromatic rings. The topological polar surface area (TPSA) is 26.0 Å². The summed E-state index contributed by atoms with van der Waals surface area (Å²) in [6.07, 6.45) is 14.6. The van der Waals surface area contributed by atoms with E-state index in [4.69, 9.17) is 31.0 Å². The Morgan fingerprint density at radius 1 is 1.06 bits per heavy atom. The Balaban J connectivity index is 1.76. The predicted molar refractivity (Wildman–Crippen MR) is 162 cm³/mol. The third-order valence-corrected chi connectivity index (χ3v) is 15.3. The lowest BCUT2D eigenvalue weighted by Crippen LogP contribution is -2.68. The van der Waals surface area contributed by atoms with Gasteiger partial charge in [0, 0.05) is 15.5 Å². The van der Waals surface area contributed by atoms with Crippen LogP contribution >= 0.6 is 25.3 Å². The molecule has 190 valence electrons. The Kier molecular flexibility index (Phi) is 6.74. The third-order valence-electron chi connectivity index (χ3n) is 13.1. The van der Waals surface area contributed by atoms with Gasteiger partial charge in [-0.25, -0.2) is 0 Å². The average Bonchev–Trinajstić information content (AvgIpc) is 2.93. The van der Waals surface area contributed by atoms with Gasteiger partial charge in [0.2, 0.25) is 0 Å². The molecule has 2 N–H and O–H groups in total. The summed E-state index contributed by atoms with van der Waals surface area (Å²) in [7, 11) is 5.16. The standard InChI is InChI=1S/C29H51B2NS2/c1-18(2)19(3)8-9-20(4)26(33)17-21(5)29(31)25(26,7)14-15-27(30)24(6)12-11-23(32)16-22(24)10-13-28(27,29)34/h10,17-20,23,33-34H,8-9,11-16,30-32H2,1-7H3. The Morgan fingerprint density at radius 2 is 1.71 bits per heavy atom. The van der Waals surface area contributed by atoms with Crippen molar-refractivity contribution in [1.29, 1.82) is 0 Å². The number of fused-ring (bicyclic) bond motifs is 5. The zero-order chi connectivity index (χ0) is 25.5. The molecule has 0 saturated heterocycles. The quantitative estimate of drug-likeness (QED) is 0.234. The van der Waals surface area contributed by atoms with Crippen LogP contribution in [0.15, 0.2) is 23.3 Å². The number of thiol groups is 2. The molecule has 9 unspecified atom stereocenters. The van der Waals surface area contributed by atoms with Crippen molar-refractivity contribution >= 4 is 41.0 Å². The van der Waals surface area contributed by atoms with Crippen molar-refractivity contribution in [1.82, 2.24) is 0 Å². The molecule has 1 nitrogen and oxygen atoms in total. The summed E-state index contributed by atoms with van der Waals surface area (Å²) in [4.78, 5) is 0. The molecule has 0 bridgehead atoms. The van der Waals surface area contributed by atoms with Gasteiger partial charge in [0.25, 0.3) is 0 Å². The first-order chi connectivity index (χ1) is 15.5. The Hall–Kier alpha value is 0.270. The van der Waals surface area contributed by atoms with Crippen LogP contribution in [0.1, 0.15) is 99.8 Å². The molecule has 2 fully saturated rings. The first-order valence-corrected chi connectivity index (χ1v) is 15.0. The first kappa shape index (κ1) is 27.3. The second kappa shape index (κ2) is 8.39. The third kappa shape index (κ3) is 3.14. The summed E-state index contributed by atoms with van der Waals surface area (Å²) in [5.74, 6) is 2.04. The van der Waals surface area contributed by atoms with Crippen molar-refractivity contribution in [2.45, 2.75) is 126 Å². The Bertz CT molecular complexity index is 903. The Morgan fingerprint density at radius 3 is 2.32 bits per heavy atom.